The maximum atomic E-state index is 12.1. The van der Waals surface area contributed by atoms with Crippen LogP contribution in [0.15, 0.2) is 27.8 Å². The van der Waals surface area contributed by atoms with Crippen LogP contribution in [-0.2, 0) is 6.54 Å². The summed E-state index contributed by atoms with van der Waals surface area (Å²) in [4.78, 5) is 37.4. The van der Waals surface area contributed by atoms with Gasteiger partial charge in [-0.25, -0.2) is 4.79 Å². The van der Waals surface area contributed by atoms with Crippen molar-refractivity contribution >= 4 is 28.8 Å². The number of H-pyrrole nitrogens is 1. The van der Waals surface area contributed by atoms with Gasteiger partial charge < -0.3 is 14.7 Å². The van der Waals surface area contributed by atoms with Gasteiger partial charge in [-0.1, -0.05) is 0 Å². The first-order chi connectivity index (χ1) is 9.96. The van der Waals surface area contributed by atoms with Crippen molar-refractivity contribution in [3.05, 3.63) is 44.5 Å². The first kappa shape index (κ1) is 13.9. The van der Waals surface area contributed by atoms with E-state index in [-0.39, 0.29) is 10.3 Å². The molecule has 1 saturated carbocycles. The van der Waals surface area contributed by atoms with Gasteiger partial charge in [0.05, 0.1) is 16.6 Å². The van der Waals surface area contributed by atoms with Crippen LogP contribution in [0.25, 0.3) is 11.0 Å². The number of hydrogen-bond acceptors (Lipinski definition) is 4. The molecule has 1 aromatic carbocycles. The highest BCUT2D eigenvalue weighted by Crippen LogP contribution is 2.48. The Morgan fingerprint density at radius 3 is 2.71 bits per heavy atom. The number of benzene rings is 1. The summed E-state index contributed by atoms with van der Waals surface area (Å²) in [6, 6.07) is 4.40. The number of nitrogens with zero attached hydrogens (tertiary/aromatic N) is 1. The standard InChI is InChI=1S/C14H14N2O4S/c1-21-14(4-5-14)7-16-10-3-2-8(13(19)20)6-9(10)15-11(17)12(16)18/h2-3,6H,4-5,7H2,1H3,(H,15,17)(H,19,20). The Morgan fingerprint density at radius 1 is 1.43 bits per heavy atom. The lowest BCUT2D eigenvalue weighted by Gasteiger charge is -2.16. The molecule has 1 aliphatic rings. The fraction of sp³-hybridized carbons (Fsp3) is 0.357. The highest BCUT2D eigenvalue weighted by atomic mass is 32.2. The lowest BCUT2D eigenvalue weighted by atomic mass is 10.2. The Balaban J connectivity index is 2.22. The molecule has 2 N–H and O–H groups in total. The van der Waals surface area contributed by atoms with E-state index in [2.05, 4.69) is 4.98 Å². The SMILES string of the molecule is CSC1(Cn2c(=O)c(=O)[nH]c3cc(C(=O)O)ccc32)CC1. The van der Waals surface area contributed by atoms with Crippen LogP contribution in [0.5, 0.6) is 0 Å². The van der Waals surface area contributed by atoms with Crippen LogP contribution >= 0.6 is 11.8 Å². The summed E-state index contributed by atoms with van der Waals surface area (Å²) < 4.78 is 1.49. The minimum absolute atomic E-state index is 0.0238. The Morgan fingerprint density at radius 2 is 2.14 bits per heavy atom. The molecule has 6 nitrogen and oxygen atoms in total. The monoisotopic (exact) mass is 306 g/mol. The number of aromatic carboxylic acids is 1. The maximum Gasteiger partial charge on any atom is 0.335 e. The molecule has 2 aromatic rings. The van der Waals surface area contributed by atoms with Crippen LogP contribution in [0.1, 0.15) is 23.2 Å². The number of hydrogen-bond donors (Lipinski definition) is 2. The second-order valence-corrected chi connectivity index (χ2v) is 6.54. The number of thioether (sulfide) groups is 1. The van der Waals surface area contributed by atoms with Gasteiger partial charge in [0.25, 0.3) is 0 Å². The van der Waals surface area contributed by atoms with E-state index in [0.717, 1.165) is 12.8 Å². The zero-order valence-electron chi connectivity index (χ0n) is 11.4. The van der Waals surface area contributed by atoms with E-state index < -0.39 is 17.1 Å². The van der Waals surface area contributed by atoms with Crippen LogP contribution < -0.4 is 11.1 Å². The van der Waals surface area contributed by atoms with Crippen LogP contribution in [0.4, 0.5) is 0 Å². The van der Waals surface area contributed by atoms with Gasteiger partial charge in [-0.2, -0.15) is 11.8 Å². The minimum atomic E-state index is -1.07. The summed E-state index contributed by atoms with van der Waals surface area (Å²) in [5.74, 6) is -1.07. The van der Waals surface area contributed by atoms with Crippen molar-refractivity contribution in [2.75, 3.05) is 6.26 Å². The van der Waals surface area contributed by atoms with Gasteiger partial charge >= 0.3 is 17.1 Å². The number of carboxylic acids is 1. The van der Waals surface area contributed by atoms with Crippen molar-refractivity contribution in [3.63, 3.8) is 0 Å². The molecule has 1 aliphatic carbocycles. The summed E-state index contributed by atoms with van der Waals surface area (Å²) in [5, 5.41) is 9.01. The third-order valence-corrected chi connectivity index (χ3v) is 5.31. The van der Waals surface area contributed by atoms with Crippen LogP contribution in [0, 0.1) is 0 Å². The third-order valence-electron chi connectivity index (χ3n) is 3.91. The van der Waals surface area contributed by atoms with Crippen molar-refractivity contribution in [1.82, 2.24) is 9.55 Å². The molecular weight excluding hydrogens is 292 g/mol. The first-order valence-electron chi connectivity index (χ1n) is 6.51. The maximum absolute atomic E-state index is 12.1. The number of carboxylic acid groups (broad SMARTS) is 1. The minimum Gasteiger partial charge on any atom is -0.478 e. The van der Waals surface area contributed by atoms with Gasteiger partial charge in [0.1, 0.15) is 0 Å². The van der Waals surface area contributed by atoms with E-state index in [0.29, 0.717) is 17.6 Å². The molecule has 0 atom stereocenters. The van der Waals surface area contributed by atoms with Crippen LogP contribution in [0.3, 0.4) is 0 Å². The zero-order valence-corrected chi connectivity index (χ0v) is 12.2. The lowest BCUT2D eigenvalue weighted by Crippen LogP contribution is -2.38. The molecule has 0 saturated heterocycles. The summed E-state index contributed by atoms with van der Waals surface area (Å²) in [7, 11) is 0. The normalized spacial score (nSPS) is 16.0. The second-order valence-electron chi connectivity index (χ2n) is 5.27. The predicted molar refractivity (Wildman–Crippen MR) is 81.3 cm³/mol. The Kier molecular flexibility index (Phi) is 3.16. The van der Waals surface area contributed by atoms with Gasteiger partial charge in [0.15, 0.2) is 0 Å². The summed E-state index contributed by atoms with van der Waals surface area (Å²) in [5.41, 5.74) is -0.302. The van der Waals surface area contributed by atoms with Gasteiger partial charge in [0.2, 0.25) is 0 Å². The molecule has 0 radical (unpaired) electrons. The molecule has 0 aliphatic heterocycles. The summed E-state index contributed by atoms with van der Waals surface area (Å²) in [6.45, 7) is 0.472. The highest BCUT2D eigenvalue weighted by Gasteiger charge is 2.42. The van der Waals surface area contributed by atoms with Crippen molar-refractivity contribution in [2.45, 2.75) is 24.1 Å². The van der Waals surface area contributed by atoms with Crippen molar-refractivity contribution in [3.8, 4) is 0 Å². The first-order valence-corrected chi connectivity index (χ1v) is 7.74. The molecule has 1 fully saturated rings. The van der Waals surface area contributed by atoms with Crippen LogP contribution in [-0.4, -0.2) is 31.6 Å². The molecule has 0 amide bonds. The number of fused-ring (bicyclic) bond motifs is 1. The van der Waals surface area contributed by atoms with Crippen molar-refractivity contribution < 1.29 is 9.90 Å². The summed E-state index contributed by atoms with van der Waals surface area (Å²) in [6.07, 6.45) is 4.03. The van der Waals surface area contributed by atoms with E-state index in [1.165, 1.54) is 16.7 Å². The Bertz CT molecular complexity index is 848. The summed E-state index contributed by atoms with van der Waals surface area (Å²) >= 11 is 1.70. The topological polar surface area (TPSA) is 92.2 Å². The van der Waals surface area contributed by atoms with E-state index in [4.69, 9.17) is 5.11 Å². The number of nitrogens with one attached hydrogen (secondary N) is 1. The van der Waals surface area contributed by atoms with Crippen molar-refractivity contribution in [1.29, 1.82) is 0 Å². The number of rotatable bonds is 4. The highest BCUT2D eigenvalue weighted by molar-refractivity contribution is 8.00. The van der Waals surface area contributed by atoms with Crippen LogP contribution in [0.2, 0.25) is 0 Å². The Hall–Kier alpha value is -2.02. The largest absolute Gasteiger partial charge is 0.478 e. The second kappa shape index (κ2) is 4.77. The molecule has 1 heterocycles. The fourth-order valence-electron chi connectivity index (χ4n) is 2.42. The average Bonchev–Trinajstić information content (AvgIpc) is 3.23. The van der Waals surface area contributed by atoms with Gasteiger partial charge in [-0.05, 0) is 37.3 Å². The third kappa shape index (κ3) is 2.37. The quantitative estimate of drug-likeness (QED) is 0.830. The van der Waals surface area contributed by atoms with Gasteiger partial charge in [-0.15, -0.1) is 0 Å². The molecule has 110 valence electrons. The molecule has 7 heteroatoms. The van der Waals surface area contributed by atoms with E-state index >= 15 is 0 Å². The molecule has 0 bridgehead atoms. The zero-order chi connectivity index (χ0) is 15.2. The van der Waals surface area contributed by atoms with E-state index in [9.17, 15) is 14.4 Å². The lowest BCUT2D eigenvalue weighted by molar-refractivity contribution is 0.0697. The number of carbonyl (C=O) groups is 1. The fourth-order valence-corrected chi connectivity index (χ4v) is 3.19. The molecule has 1 aromatic heterocycles. The van der Waals surface area contributed by atoms with Crippen molar-refractivity contribution in [2.24, 2.45) is 0 Å². The van der Waals surface area contributed by atoms with E-state index in [1.807, 2.05) is 6.26 Å². The molecule has 0 unspecified atom stereocenters. The predicted octanol–water partition coefficient (Wildman–Crippen LogP) is 1.28. The molecule has 3 rings (SSSR count). The molecular formula is C14H14N2O4S. The smallest absolute Gasteiger partial charge is 0.335 e. The number of aromatic amines is 1. The van der Waals surface area contributed by atoms with Gasteiger partial charge in [0, 0.05) is 11.3 Å². The van der Waals surface area contributed by atoms with E-state index in [1.54, 1.807) is 17.8 Å². The number of aromatic nitrogens is 2. The molecule has 0 spiro atoms. The molecule has 21 heavy (non-hydrogen) atoms. The van der Waals surface area contributed by atoms with Gasteiger partial charge in [-0.3, -0.25) is 9.59 Å². The average molecular weight is 306 g/mol. The Labute approximate surface area is 123 Å².